The van der Waals surface area contributed by atoms with E-state index in [4.69, 9.17) is 10.5 Å². The Bertz CT molecular complexity index is 353. The van der Waals surface area contributed by atoms with Crippen molar-refractivity contribution in [1.29, 1.82) is 0 Å². The van der Waals surface area contributed by atoms with Gasteiger partial charge in [0, 0.05) is 16.4 Å². The molecule has 1 unspecified atom stereocenters. The molecule has 0 aliphatic carbocycles. The van der Waals surface area contributed by atoms with Gasteiger partial charge in [-0.05, 0) is 30.2 Å². The molecule has 0 saturated carbocycles. The fraction of sp³-hybridized carbons (Fsp3) is 0.455. The Balaban J connectivity index is 2.33. The van der Waals surface area contributed by atoms with Crippen LogP contribution in [0.1, 0.15) is 12.5 Å². The number of hydrogen-bond donors (Lipinski definition) is 1. The van der Waals surface area contributed by atoms with Crippen molar-refractivity contribution < 1.29 is 4.74 Å². The van der Waals surface area contributed by atoms with Gasteiger partial charge in [0.05, 0.1) is 6.61 Å². The van der Waals surface area contributed by atoms with Gasteiger partial charge in [-0.1, -0.05) is 22.9 Å². The van der Waals surface area contributed by atoms with Crippen molar-refractivity contribution in [1.82, 2.24) is 0 Å². The summed E-state index contributed by atoms with van der Waals surface area (Å²) in [5.74, 6) is 0.999. The van der Waals surface area contributed by atoms with Crippen LogP contribution in [0.4, 0.5) is 0 Å². The van der Waals surface area contributed by atoms with E-state index in [1.165, 1.54) is 5.56 Å². The Morgan fingerprint density at radius 3 is 3.07 bits per heavy atom. The molecule has 14 heavy (non-hydrogen) atoms. The third kappa shape index (κ3) is 1.79. The lowest BCUT2D eigenvalue weighted by atomic mass is 9.82. The standard InChI is InChI=1S/C11H14BrNO/c1-11(6-13)5-8-4-9(12)2-3-10(8)14-7-11/h2-4H,5-7,13H2,1H3. The van der Waals surface area contributed by atoms with Crippen LogP contribution in [-0.2, 0) is 6.42 Å². The third-order valence-corrected chi connectivity index (χ3v) is 3.20. The Labute approximate surface area is 92.6 Å². The van der Waals surface area contributed by atoms with Crippen LogP contribution in [0.15, 0.2) is 22.7 Å². The minimum atomic E-state index is 0.0911. The topological polar surface area (TPSA) is 35.2 Å². The molecule has 0 saturated heterocycles. The molecule has 3 heteroatoms. The van der Waals surface area contributed by atoms with Crippen molar-refractivity contribution >= 4 is 15.9 Å². The van der Waals surface area contributed by atoms with Crippen LogP contribution in [0.25, 0.3) is 0 Å². The second-order valence-corrected chi connectivity index (χ2v) is 5.15. The molecule has 0 fully saturated rings. The molecule has 1 aliphatic heterocycles. The summed E-state index contributed by atoms with van der Waals surface area (Å²) in [7, 11) is 0. The van der Waals surface area contributed by atoms with Gasteiger partial charge in [0.15, 0.2) is 0 Å². The van der Waals surface area contributed by atoms with Gasteiger partial charge in [0.2, 0.25) is 0 Å². The zero-order valence-electron chi connectivity index (χ0n) is 8.22. The summed E-state index contributed by atoms with van der Waals surface area (Å²) in [6, 6.07) is 6.13. The number of halogens is 1. The lowest BCUT2D eigenvalue weighted by Crippen LogP contribution is -2.38. The van der Waals surface area contributed by atoms with Crippen LogP contribution in [0.5, 0.6) is 5.75 Å². The van der Waals surface area contributed by atoms with Gasteiger partial charge in [-0.15, -0.1) is 0 Å². The summed E-state index contributed by atoms with van der Waals surface area (Å²) in [5, 5.41) is 0. The Hall–Kier alpha value is -0.540. The van der Waals surface area contributed by atoms with Crippen LogP contribution < -0.4 is 10.5 Å². The van der Waals surface area contributed by atoms with Crippen molar-refractivity contribution in [2.24, 2.45) is 11.1 Å². The van der Waals surface area contributed by atoms with Crippen molar-refractivity contribution in [3.05, 3.63) is 28.2 Å². The van der Waals surface area contributed by atoms with Crippen molar-refractivity contribution in [2.45, 2.75) is 13.3 Å². The number of fused-ring (bicyclic) bond motifs is 1. The second kappa shape index (κ2) is 3.55. The molecule has 0 bridgehead atoms. The van der Waals surface area contributed by atoms with E-state index in [1.54, 1.807) is 0 Å². The lowest BCUT2D eigenvalue weighted by Gasteiger charge is -2.33. The van der Waals surface area contributed by atoms with E-state index in [9.17, 15) is 0 Å². The molecule has 0 radical (unpaired) electrons. The van der Waals surface area contributed by atoms with E-state index in [0.29, 0.717) is 6.54 Å². The number of hydrogen-bond acceptors (Lipinski definition) is 2. The molecular weight excluding hydrogens is 242 g/mol. The van der Waals surface area contributed by atoms with Crippen LogP contribution in [-0.4, -0.2) is 13.2 Å². The normalized spacial score (nSPS) is 25.4. The molecular formula is C11H14BrNO. The largest absolute Gasteiger partial charge is 0.493 e. The zero-order chi connectivity index (χ0) is 10.2. The maximum Gasteiger partial charge on any atom is 0.122 e. The molecule has 1 atom stereocenters. The highest BCUT2D eigenvalue weighted by molar-refractivity contribution is 9.10. The first-order valence-corrected chi connectivity index (χ1v) is 5.54. The van der Waals surface area contributed by atoms with Crippen molar-refractivity contribution in [2.75, 3.05) is 13.2 Å². The summed E-state index contributed by atoms with van der Waals surface area (Å²) in [4.78, 5) is 0. The first-order valence-electron chi connectivity index (χ1n) is 4.74. The Morgan fingerprint density at radius 1 is 1.57 bits per heavy atom. The average Bonchev–Trinajstić information content (AvgIpc) is 2.17. The third-order valence-electron chi connectivity index (χ3n) is 2.71. The van der Waals surface area contributed by atoms with E-state index in [0.717, 1.165) is 23.2 Å². The summed E-state index contributed by atoms with van der Waals surface area (Å²) in [5.41, 5.74) is 7.08. The van der Waals surface area contributed by atoms with E-state index >= 15 is 0 Å². The van der Waals surface area contributed by atoms with Crippen LogP contribution >= 0.6 is 15.9 Å². The molecule has 76 valence electrons. The highest BCUT2D eigenvalue weighted by atomic mass is 79.9. The van der Waals surface area contributed by atoms with E-state index in [-0.39, 0.29) is 5.41 Å². The van der Waals surface area contributed by atoms with Crippen LogP contribution in [0.2, 0.25) is 0 Å². The minimum absolute atomic E-state index is 0.0911. The lowest BCUT2D eigenvalue weighted by molar-refractivity contribution is 0.144. The monoisotopic (exact) mass is 255 g/mol. The van der Waals surface area contributed by atoms with Gasteiger partial charge in [0.25, 0.3) is 0 Å². The van der Waals surface area contributed by atoms with Gasteiger partial charge < -0.3 is 10.5 Å². The predicted octanol–water partition coefficient (Wildman–Crippen LogP) is 2.35. The van der Waals surface area contributed by atoms with E-state index in [1.807, 2.05) is 12.1 Å². The smallest absolute Gasteiger partial charge is 0.122 e. The maximum absolute atomic E-state index is 5.74. The number of ether oxygens (including phenoxy) is 1. The number of benzene rings is 1. The van der Waals surface area contributed by atoms with Gasteiger partial charge in [-0.3, -0.25) is 0 Å². The highest BCUT2D eigenvalue weighted by Gasteiger charge is 2.29. The Kier molecular flexibility index (Phi) is 2.54. The van der Waals surface area contributed by atoms with Gasteiger partial charge in [-0.2, -0.15) is 0 Å². The van der Waals surface area contributed by atoms with Gasteiger partial charge in [-0.25, -0.2) is 0 Å². The van der Waals surface area contributed by atoms with Crippen molar-refractivity contribution in [3.8, 4) is 5.75 Å². The highest BCUT2D eigenvalue weighted by Crippen LogP contribution is 2.35. The number of rotatable bonds is 1. The number of nitrogens with two attached hydrogens (primary N) is 1. The predicted molar refractivity (Wildman–Crippen MR) is 60.5 cm³/mol. The molecule has 2 N–H and O–H groups in total. The molecule has 1 aromatic carbocycles. The Morgan fingerprint density at radius 2 is 2.36 bits per heavy atom. The summed E-state index contributed by atoms with van der Waals surface area (Å²) >= 11 is 3.46. The second-order valence-electron chi connectivity index (χ2n) is 4.23. The van der Waals surface area contributed by atoms with Crippen molar-refractivity contribution in [3.63, 3.8) is 0 Å². The maximum atomic E-state index is 5.74. The van der Waals surface area contributed by atoms with Gasteiger partial charge >= 0.3 is 0 Å². The first-order chi connectivity index (χ1) is 6.63. The summed E-state index contributed by atoms with van der Waals surface area (Å²) in [6.45, 7) is 3.55. The SMILES string of the molecule is CC1(CN)COc2ccc(Br)cc2C1. The molecule has 1 aromatic rings. The molecule has 0 aromatic heterocycles. The van der Waals surface area contributed by atoms with E-state index < -0.39 is 0 Å². The molecule has 1 heterocycles. The molecule has 1 aliphatic rings. The molecule has 0 spiro atoms. The van der Waals surface area contributed by atoms with Gasteiger partial charge in [0.1, 0.15) is 5.75 Å². The van der Waals surface area contributed by atoms with Crippen LogP contribution in [0.3, 0.4) is 0 Å². The molecule has 2 nitrogen and oxygen atoms in total. The fourth-order valence-corrected chi connectivity index (χ4v) is 2.13. The van der Waals surface area contributed by atoms with Crippen LogP contribution in [0, 0.1) is 5.41 Å². The fourth-order valence-electron chi connectivity index (χ4n) is 1.72. The average molecular weight is 256 g/mol. The minimum Gasteiger partial charge on any atom is -0.493 e. The molecule has 0 amide bonds. The first kappa shape index (κ1) is 9.99. The zero-order valence-corrected chi connectivity index (χ0v) is 9.80. The quantitative estimate of drug-likeness (QED) is 0.837. The molecule has 2 rings (SSSR count). The summed E-state index contributed by atoms with van der Waals surface area (Å²) < 4.78 is 6.78. The summed E-state index contributed by atoms with van der Waals surface area (Å²) in [6.07, 6.45) is 0.998. The van der Waals surface area contributed by atoms with E-state index in [2.05, 4.69) is 28.9 Å².